The normalized spacial score (nSPS) is 25.2. The first-order valence-electron chi connectivity index (χ1n) is 6.76. The van der Waals surface area contributed by atoms with Gasteiger partial charge in [0.2, 0.25) is 0 Å². The number of benzene rings is 1. The summed E-state index contributed by atoms with van der Waals surface area (Å²) >= 11 is 0. The molecule has 2 aliphatic heterocycles. The molecule has 2 aliphatic rings. The summed E-state index contributed by atoms with van der Waals surface area (Å²) in [7, 11) is 0. The van der Waals surface area contributed by atoms with Gasteiger partial charge in [-0.2, -0.15) is 8.78 Å². The molecule has 0 bridgehead atoms. The van der Waals surface area contributed by atoms with Crippen LogP contribution in [-0.2, 0) is 0 Å². The van der Waals surface area contributed by atoms with Crippen LogP contribution in [0.4, 0.5) is 8.78 Å². The summed E-state index contributed by atoms with van der Waals surface area (Å²) < 4.78 is 29.7. The summed E-state index contributed by atoms with van der Waals surface area (Å²) in [4.78, 5) is 6.59. The Bertz CT molecular complexity index is 521. The molecule has 0 aliphatic carbocycles. The molecule has 1 aromatic carbocycles. The van der Waals surface area contributed by atoms with Crippen LogP contribution in [-0.4, -0.2) is 36.6 Å². The van der Waals surface area contributed by atoms with Crippen molar-refractivity contribution in [2.75, 3.05) is 13.1 Å². The van der Waals surface area contributed by atoms with Crippen molar-refractivity contribution >= 4 is 5.96 Å². The quantitative estimate of drug-likeness (QED) is 0.924. The Balaban J connectivity index is 1.91. The zero-order chi connectivity index (χ0) is 14.1. The van der Waals surface area contributed by atoms with Gasteiger partial charge in [0, 0.05) is 24.7 Å². The maximum Gasteiger partial charge on any atom is 0.387 e. The molecule has 4 nitrogen and oxygen atoms in total. The summed E-state index contributed by atoms with van der Waals surface area (Å²) in [5, 5.41) is 3.30. The standard InChI is InChI=1S/C14H17F2N3O/c1-9-8-19-11(6-7-17-14(19)18-9)10-4-2-3-5-12(10)20-13(15)16/h2-5,9,11,13H,6-8H2,1H3,(H,17,18). The van der Waals surface area contributed by atoms with Crippen molar-refractivity contribution in [2.24, 2.45) is 4.99 Å². The number of rotatable bonds is 3. The number of nitrogens with zero attached hydrogens (tertiary/aromatic N) is 2. The minimum Gasteiger partial charge on any atom is -0.434 e. The van der Waals surface area contributed by atoms with Gasteiger partial charge < -0.3 is 15.0 Å². The van der Waals surface area contributed by atoms with E-state index in [1.165, 1.54) is 0 Å². The van der Waals surface area contributed by atoms with E-state index in [2.05, 4.69) is 26.9 Å². The maximum atomic E-state index is 12.5. The summed E-state index contributed by atoms with van der Waals surface area (Å²) in [5.74, 6) is 1.12. The third-order valence-electron chi connectivity index (χ3n) is 3.65. The summed E-state index contributed by atoms with van der Waals surface area (Å²) in [6.45, 7) is 0.800. The van der Waals surface area contributed by atoms with Gasteiger partial charge in [-0.15, -0.1) is 0 Å². The van der Waals surface area contributed by atoms with E-state index in [9.17, 15) is 8.78 Å². The Hall–Kier alpha value is -1.85. The van der Waals surface area contributed by atoms with Gasteiger partial charge in [0.25, 0.3) is 0 Å². The molecular formula is C14H17F2N3O. The summed E-state index contributed by atoms with van der Waals surface area (Å²) in [6, 6.07) is 7.37. The Labute approximate surface area is 116 Å². The van der Waals surface area contributed by atoms with Crippen LogP contribution in [0.3, 0.4) is 0 Å². The molecule has 0 spiro atoms. The molecule has 1 fully saturated rings. The lowest BCUT2D eigenvalue weighted by atomic mass is 10.00. The van der Waals surface area contributed by atoms with E-state index in [0.29, 0.717) is 12.6 Å². The monoisotopic (exact) mass is 281 g/mol. The van der Waals surface area contributed by atoms with E-state index in [1.807, 2.05) is 12.1 Å². The van der Waals surface area contributed by atoms with Crippen LogP contribution in [0.25, 0.3) is 0 Å². The summed E-state index contributed by atoms with van der Waals surface area (Å²) in [6.07, 6.45) is 0.807. The highest BCUT2D eigenvalue weighted by Gasteiger charge is 2.34. The van der Waals surface area contributed by atoms with Crippen LogP contribution in [0.2, 0.25) is 0 Å². The average molecular weight is 281 g/mol. The fourth-order valence-corrected chi connectivity index (χ4v) is 2.87. The van der Waals surface area contributed by atoms with Gasteiger partial charge in [-0.1, -0.05) is 18.2 Å². The van der Waals surface area contributed by atoms with E-state index in [0.717, 1.165) is 24.5 Å². The second-order valence-corrected chi connectivity index (χ2v) is 5.12. The van der Waals surface area contributed by atoms with Gasteiger partial charge in [-0.3, -0.25) is 4.99 Å². The smallest absolute Gasteiger partial charge is 0.387 e. The lowest BCUT2D eigenvalue weighted by Crippen LogP contribution is -2.37. The van der Waals surface area contributed by atoms with E-state index < -0.39 is 6.61 Å². The van der Waals surface area contributed by atoms with Crippen LogP contribution in [0.1, 0.15) is 24.9 Å². The van der Waals surface area contributed by atoms with Gasteiger partial charge in [0.1, 0.15) is 5.75 Å². The third-order valence-corrected chi connectivity index (χ3v) is 3.65. The predicted octanol–water partition coefficient (Wildman–Crippen LogP) is 2.38. The molecule has 2 unspecified atom stereocenters. The fraction of sp³-hybridized carbons (Fsp3) is 0.500. The number of alkyl halides is 2. The molecule has 1 aromatic rings. The first-order chi connectivity index (χ1) is 9.65. The van der Waals surface area contributed by atoms with Gasteiger partial charge >= 0.3 is 6.61 Å². The summed E-state index contributed by atoms with van der Waals surface area (Å²) in [5.41, 5.74) is 0.802. The molecule has 1 N–H and O–H groups in total. The lowest BCUT2D eigenvalue weighted by molar-refractivity contribution is -0.0510. The second kappa shape index (κ2) is 5.26. The molecular weight excluding hydrogens is 264 g/mol. The van der Waals surface area contributed by atoms with Crippen LogP contribution in [0.5, 0.6) is 5.75 Å². The molecule has 0 aromatic heterocycles. The molecule has 6 heteroatoms. The lowest BCUT2D eigenvalue weighted by Gasteiger charge is -2.33. The molecule has 2 heterocycles. The van der Waals surface area contributed by atoms with Crippen molar-refractivity contribution < 1.29 is 13.5 Å². The Morgan fingerprint density at radius 3 is 3.00 bits per heavy atom. The Morgan fingerprint density at radius 2 is 2.20 bits per heavy atom. The number of aliphatic imine (C=N–C) groups is 1. The number of fused-ring (bicyclic) bond motifs is 1. The highest BCUT2D eigenvalue weighted by molar-refractivity contribution is 5.83. The minimum atomic E-state index is -2.80. The molecule has 0 saturated carbocycles. The highest BCUT2D eigenvalue weighted by Crippen LogP contribution is 2.35. The van der Waals surface area contributed by atoms with Crippen molar-refractivity contribution in [1.29, 1.82) is 0 Å². The molecule has 0 radical (unpaired) electrons. The van der Waals surface area contributed by atoms with E-state index in [1.54, 1.807) is 12.1 Å². The molecule has 1 saturated heterocycles. The number of ether oxygens (including phenoxy) is 1. The molecule has 3 rings (SSSR count). The fourth-order valence-electron chi connectivity index (χ4n) is 2.87. The van der Waals surface area contributed by atoms with Crippen molar-refractivity contribution in [1.82, 2.24) is 10.2 Å². The minimum absolute atomic E-state index is 0.0369. The average Bonchev–Trinajstić information content (AvgIpc) is 2.79. The van der Waals surface area contributed by atoms with E-state index in [-0.39, 0.29) is 11.8 Å². The second-order valence-electron chi connectivity index (χ2n) is 5.12. The number of nitrogens with one attached hydrogen (secondary N) is 1. The number of guanidine groups is 1. The van der Waals surface area contributed by atoms with Crippen LogP contribution in [0, 0.1) is 0 Å². The molecule has 2 atom stereocenters. The van der Waals surface area contributed by atoms with Crippen molar-refractivity contribution in [3.8, 4) is 5.75 Å². The molecule has 20 heavy (non-hydrogen) atoms. The first-order valence-corrected chi connectivity index (χ1v) is 6.76. The van der Waals surface area contributed by atoms with Gasteiger partial charge in [-0.25, -0.2) is 0 Å². The van der Waals surface area contributed by atoms with Gasteiger partial charge in [0.15, 0.2) is 5.96 Å². The van der Waals surface area contributed by atoms with Crippen molar-refractivity contribution in [2.45, 2.75) is 32.0 Å². The van der Waals surface area contributed by atoms with Crippen LogP contribution < -0.4 is 10.1 Å². The first kappa shape index (κ1) is 13.1. The zero-order valence-corrected chi connectivity index (χ0v) is 11.2. The Kier molecular flexibility index (Phi) is 3.46. The SMILES string of the molecule is CC1CN2C(=NCCC2c2ccccc2OC(F)F)N1. The number of halogens is 2. The zero-order valence-electron chi connectivity index (χ0n) is 11.2. The third kappa shape index (κ3) is 2.42. The Morgan fingerprint density at radius 1 is 1.40 bits per heavy atom. The van der Waals surface area contributed by atoms with Crippen LogP contribution in [0.15, 0.2) is 29.3 Å². The van der Waals surface area contributed by atoms with Gasteiger partial charge in [0.05, 0.1) is 6.04 Å². The molecule has 108 valence electrons. The number of hydrogen-bond donors (Lipinski definition) is 1. The van der Waals surface area contributed by atoms with Crippen molar-refractivity contribution in [3.05, 3.63) is 29.8 Å². The van der Waals surface area contributed by atoms with E-state index in [4.69, 9.17) is 0 Å². The number of hydrogen-bond acceptors (Lipinski definition) is 4. The number of para-hydroxylation sites is 1. The predicted molar refractivity (Wildman–Crippen MR) is 72.0 cm³/mol. The largest absolute Gasteiger partial charge is 0.434 e. The van der Waals surface area contributed by atoms with Crippen LogP contribution >= 0.6 is 0 Å². The van der Waals surface area contributed by atoms with E-state index >= 15 is 0 Å². The topological polar surface area (TPSA) is 36.9 Å². The van der Waals surface area contributed by atoms with Crippen molar-refractivity contribution in [3.63, 3.8) is 0 Å². The highest BCUT2D eigenvalue weighted by atomic mass is 19.3. The molecule has 0 amide bonds. The maximum absolute atomic E-state index is 12.5. The van der Waals surface area contributed by atoms with Gasteiger partial charge in [-0.05, 0) is 19.4 Å².